The van der Waals surface area contributed by atoms with Crippen LogP contribution in [0.25, 0.3) is 11.6 Å². The minimum atomic E-state index is -0.156. The average molecular weight is 406 g/mol. The van der Waals surface area contributed by atoms with Crippen LogP contribution in [0, 0.1) is 5.82 Å². The summed E-state index contributed by atoms with van der Waals surface area (Å²) in [6.07, 6.45) is 8.02. The van der Waals surface area contributed by atoms with Crippen molar-refractivity contribution in [3.8, 4) is 0 Å². The largest absolute Gasteiger partial charge is 0.371 e. The second kappa shape index (κ2) is 8.52. The van der Waals surface area contributed by atoms with Gasteiger partial charge in [-0.2, -0.15) is 0 Å². The van der Waals surface area contributed by atoms with Gasteiger partial charge in [0.15, 0.2) is 0 Å². The molecule has 2 aromatic carbocycles. The summed E-state index contributed by atoms with van der Waals surface area (Å²) in [7, 11) is 2.22. The first kappa shape index (κ1) is 19.8. The van der Waals surface area contributed by atoms with Crippen molar-refractivity contribution in [3.63, 3.8) is 0 Å². The van der Waals surface area contributed by atoms with Crippen LogP contribution in [0.3, 0.4) is 0 Å². The highest BCUT2D eigenvalue weighted by Gasteiger charge is 2.24. The highest BCUT2D eigenvalue weighted by atomic mass is 19.1. The molecule has 30 heavy (non-hydrogen) atoms. The predicted octanol–water partition coefficient (Wildman–Crippen LogP) is 4.58. The van der Waals surface area contributed by atoms with Gasteiger partial charge in [0, 0.05) is 30.9 Å². The Morgan fingerprint density at radius 1 is 0.900 bits per heavy atom. The van der Waals surface area contributed by atoms with Crippen LogP contribution in [-0.2, 0) is 6.42 Å². The number of nitrogens with zero attached hydrogens (tertiary/aromatic N) is 2. The molecule has 0 bridgehead atoms. The summed E-state index contributed by atoms with van der Waals surface area (Å²) in [5.74, 6) is -0.156. The lowest BCUT2D eigenvalue weighted by molar-refractivity contribution is 0.217. The molecule has 1 aliphatic carbocycles. The molecule has 2 saturated heterocycles. The highest BCUT2D eigenvalue weighted by Crippen LogP contribution is 2.33. The SMILES string of the molecule is CN1CCC(NC2CCN(c3cccc(C4=Cc5cc(F)ccc5C4)c3)CC2)CC1. The fraction of sp³-hybridized carbons (Fsp3) is 0.462. The van der Waals surface area contributed by atoms with Crippen molar-refractivity contribution in [1.29, 1.82) is 0 Å². The van der Waals surface area contributed by atoms with Gasteiger partial charge in [-0.15, -0.1) is 0 Å². The van der Waals surface area contributed by atoms with Crippen LogP contribution in [-0.4, -0.2) is 50.2 Å². The summed E-state index contributed by atoms with van der Waals surface area (Å²) in [6.45, 7) is 4.65. The van der Waals surface area contributed by atoms with E-state index in [1.165, 1.54) is 61.2 Å². The minimum absolute atomic E-state index is 0.156. The van der Waals surface area contributed by atoms with Crippen LogP contribution in [0.15, 0.2) is 42.5 Å². The van der Waals surface area contributed by atoms with Gasteiger partial charge in [-0.3, -0.25) is 0 Å². The molecule has 2 fully saturated rings. The summed E-state index contributed by atoms with van der Waals surface area (Å²) in [4.78, 5) is 4.96. The van der Waals surface area contributed by atoms with E-state index in [4.69, 9.17) is 0 Å². The Balaban J connectivity index is 1.20. The maximum Gasteiger partial charge on any atom is 0.123 e. The van der Waals surface area contributed by atoms with E-state index < -0.39 is 0 Å². The lowest BCUT2D eigenvalue weighted by Crippen LogP contribution is -2.49. The number of fused-ring (bicyclic) bond motifs is 1. The lowest BCUT2D eigenvalue weighted by atomic mass is 9.98. The number of hydrogen-bond donors (Lipinski definition) is 1. The number of allylic oxidation sites excluding steroid dienone is 1. The van der Waals surface area contributed by atoms with E-state index in [1.807, 2.05) is 6.07 Å². The van der Waals surface area contributed by atoms with Crippen molar-refractivity contribution in [2.24, 2.45) is 0 Å². The number of halogens is 1. The van der Waals surface area contributed by atoms with E-state index >= 15 is 0 Å². The summed E-state index contributed by atoms with van der Waals surface area (Å²) in [5, 5.41) is 3.93. The molecular weight excluding hydrogens is 373 g/mol. The average Bonchev–Trinajstić information content (AvgIpc) is 3.19. The van der Waals surface area contributed by atoms with Crippen LogP contribution in [0.5, 0.6) is 0 Å². The highest BCUT2D eigenvalue weighted by molar-refractivity contribution is 5.89. The molecule has 2 aromatic rings. The first-order valence-electron chi connectivity index (χ1n) is 11.4. The molecular formula is C26H32FN3. The first-order chi connectivity index (χ1) is 14.6. The fourth-order valence-corrected chi connectivity index (χ4v) is 5.21. The number of likely N-dealkylation sites (tertiary alicyclic amines) is 1. The van der Waals surface area contributed by atoms with Crippen molar-refractivity contribution in [1.82, 2.24) is 10.2 Å². The van der Waals surface area contributed by atoms with Gasteiger partial charge in [-0.25, -0.2) is 4.39 Å². The van der Waals surface area contributed by atoms with Gasteiger partial charge in [0.2, 0.25) is 0 Å². The standard InChI is InChI=1S/C26H32FN3/c1-29-11-7-24(8-12-29)28-25-9-13-30(14-10-25)26-4-2-3-19(18-26)21-15-20-5-6-23(27)17-22(20)16-21/h2-6,16-18,24-25,28H,7-15H2,1H3. The molecule has 0 atom stereocenters. The Kier molecular flexibility index (Phi) is 5.62. The first-order valence-corrected chi connectivity index (χ1v) is 11.4. The van der Waals surface area contributed by atoms with E-state index in [9.17, 15) is 4.39 Å². The number of hydrogen-bond acceptors (Lipinski definition) is 3. The molecule has 0 spiro atoms. The second-order valence-corrected chi connectivity index (χ2v) is 9.25. The number of nitrogens with one attached hydrogen (secondary N) is 1. The van der Waals surface area contributed by atoms with Crippen LogP contribution in [0.1, 0.15) is 42.4 Å². The van der Waals surface area contributed by atoms with E-state index in [2.05, 4.69) is 52.5 Å². The zero-order chi connectivity index (χ0) is 20.5. The second-order valence-electron chi connectivity index (χ2n) is 9.25. The zero-order valence-electron chi connectivity index (χ0n) is 17.9. The number of piperidine rings is 2. The lowest BCUT2D eigenvalue weighted by Gasteiger charge is -2.38. The van der Waals surface area contributed by atoms with Crippen LogP contribution < -0.4 is 10.2 Å². The molecule has 0 unspecified atom stereocenters. The van der Waals surface area contributed by atoms with Gasteiger partial charge >= 0.3 is 0 Å². The van der Waals surface area contributed by atoms with Gasteiger partial charge in [0.1, 0.15) is 5.82 Å². The summed E-state index contributed by atoms with van der Waals surface area (Å²) >= 11 is 0. The van der Waals surface area contributed by atoms with Crippen LogP contribution >= 0.6 is 0 Å². The molecule has 0 aromatic heterocycles. The Morgan fingerprint density at radius 2 is 1.63 bits per heavy atom. The summed E-state index contributed by atoms with van der Waals surface area (Å²) in [6, 6.07) is 15.4. The molecule has 1 N–H and O–H groups in total. The molecule has 4 heteroatoms. The summed E-state index contributed by atoms with van der Waals surface area (Å²) in [5.41, 5.74) is 6.11. The minimum Gasteiger partial charge on any atom is -0.371 e. The van der Waals surface area contributed by atoms with E-state index in [-0.39, 0.29) is 5.82 Å². The molecule has 0 radical (unpaired) electrons. The van der Waals surface area contributed by atoms with E-state index in [0.717, 1.165) is 25.1 Å². The van der Waals surface area contributed by atoms with Crippen molar-refractivity contribution < 1.29 is 4.39 Å². The molecule has 3 nitrogen and oxygen atoms in total. The van der Waals surface area contributed by atoms with Gasteiger partial charge in [-0.1, -0.05) is 24.3 Å². The Hall–Kier alpha value is -2.17. The maximum absolute atomic E-state index is 13.6. The van der Waals surface area contributed by atoms with Gasteiger partial charge in [0.25, 0.3) is 0 Å². The van der Waals surface area contributed by atoms with E-state index in [0.29, 0.717) is 12.1 Å². The van der Waals surface area contributed by atoms with Crippen molar-refractivity contribution >= 4 is 17.3 Å². The Morgan fingerprint density at radius 3 is 2.40 bits per heavy atom. The molecule has 2 heterocycles. The van der Waals surface area contributed by atoms with Crippen molar-refractivity contribution in [2.75, 3.05) is 38.1 Å². The maximum atomic E-state index is 13.6. The Bertz CT molecular complexity index is 922. The van der Waals surface area contributed by atoms with Gasteiger partial charge in [0.05, 0.1) is 0 Å². The molecule has 5 rings (SSSR count). The third-order valence-corrected chi connectivity index (χ3v) is 7.09. The van der Waals surface area contributed by atoms with E-state index in [1.54, 1.807) is 12.1 Å². The predicted molar refractivity (Wildman–Crippen MR) is 123 cm³/mol. The number of anilines is 1. The Labute approximate surface area is 179 Å². The summed E-state index contributed by atoms with van der Waals surface area (Å²) < 4.78 is 13.6. The zero-order valence-corrected chi connectivity index (χ0v) is 17.9. The van der Waals surface area contributed by atoms with Gasteiger partial charge < -0.3 is 15.1 Å². The topological polar surface area (TPSA) is 18.5 Å². The molecule has 0 amide bonds. The monoisotopic (exact) mass is 405 g/mol. The van der Waals surface area contributed by atoms with Crippen molar-refractivity contribution in [2.45, 2.75) is 44.2 Å². The normalized spacial score (nSPS) is 21.0. The number of rotatable bonds is 4. The smallest absolute Gasteiger partial charge is 0.123 e. The van der Waals surface area contributed by atoms with Crippen LogP contribution in [0.2, 0.25) is 0 Å². The molecule has 158 valence electrons. The quantitative estimate of drug-likeness (QED) is 0.804. The third-order valence-electron chi connectivity index (χ3n) is 7.09. The molecule has 2 aliphatic heterocycles. The number of benzene rings is 2. The van der Waals surface area contributed by atoms with Crippen LogP contribution in [0.4, 0.5) is 10.1 Å². The third kappa shape index (κ3) is 4.30. The van der Waals surface area contributed by atoms with Crippen molar-refractivity contribution in [3.05, 3.63) is 65.0 Å². The molecule has 3 aliphatic rings. The molecule has 0 saturated carbocycles. The van der Waals surface area contributed by atoms with Gasteiger partial charge in [-0.05, 0) is 98.8 Å². The fourth-order valence-electron chi connectivity index (χ4n) is 5.21.